The molecule has 1 aromatic carbocycles. The van der Waals surface area contributed by atoms with Crippen molar-refractivity contribution in [1.29, 1.82) is 0 Å². The van der Waals surface area contributed by atoms with Gasteiger partial charge in [0, 0.05) is 0 Å². The Labute approximate surface area is 136 Å². The third kappa shape index (κ3) is 3.25. The van der Waals surface area contributed by atoms with Crippen molar-refractivity contribution in [1.82, 2.24) is 5.48 Å². The van der Waals surface area contributed by atoms with Crippen molar-refractivity contribution in [3.8, 4) is 17.2 Å². The Balaban J connectivity index is 2.53. The van der Waals surface area contributed by atoms with Crippen LogP contribution in [0.1, 0.15) is 9.24 Å². The van der Waals surface area contributed by atoms with Crippen molar-refractivity contribution in [2.45, 2.75) is 3.67 Å². The van der Waals surface area contributed by atoms with E-state index in [1.165, 1.54) is 21.3 Å². The molecule has 7 heteroatoms. The van der Waals surface area contributed by atoms with Crippen LogP contribution < -0.4 is 19.7 Å². The molecule has 2 rings (SSSR count). The molecule has 1 aliphatic heterocycles. The minimum absolute atomic E-state index is 0.393. The first-order valence-corrected chi connectivity index (χ1v) is 12.5. The van der Waals surface area contributed by atoms with Gasteiger partial charge in [0.15, 0.2) is 0 Å². The van der Waals surface area contributed by atoms with Crippen molar-refractivity contribution in [3.05, 3.63) is 37.5 Å². The van der Waals surface area contributed by atoms with Gasteiger partial charge in [-0.1, -0.05) is 0 Å². The van der Waals surface area contributed by atoms with Gasteiger partial charge in [0.25, 0.3) is 0 Å². The number of methoxy groups -OCH3 is 3. The van der Waals surface area contributed by atoms with Gasteiger partial charge in [-0.2, -0.15) is 0 Å². The van der Waals surface area contributed by atoms with E-state index in [2.05, 4.69) is 7.67 Å². The molecular formula is C15H18InNO5. The third-order valence-electron chi connectivity index (χ3n) is 3.60. The first kappa shape index (κ1) is 16.8. The van der Waals surface area contributed by atoms with Gasteiger partial charge in [0.1, 0.15) is 0 Å². The molecule has 1 atom stereocenters. The van der Waals surface area contributed by atoms with Crippen LogP contribution in [0.25, 0.3) is 0 Å². The molecule has 1 aromatic rings. The molecule has 0 saturated heterocycles. The number of hydroxylamine groups is 1. The Kier molecular flexibility index (Phi) is 5.79. The maximum atomic E-state index is 12.2. The quantitative estimate of drug-likeness (QED) is 0.553. The van der Waals surface area contributed by atoms with E-state index < -0.39 is 31.0 Å². The van der Waals surface area contributed by atoms with E-state index in [0.29, 0.717) is 17.2 Å². The van der Waals surface area contributed by atoms with E-state index in [1.54, 1.807) is 17.6 Å². The molecular weight excluding hydrogens is 389 g/mol. The van der Waals surface area contributed by atoms with Crippen LogP contribution >= 0.6 is 0 Å². The molecule has 22 heavy (non-hydrogen) atoms. The number of rotatable bonds is 6. The van der Waals surface area contributed by atoms with E-state index in [-0.39, 0.29) is 0 Å². The average Bonchev–Trinajstić information content (AvgIpc) is 3.07. The summed E-state index contributed by atoms with van der Waals surface area (Å²) in [4.78, 5) is 12.2. The van der Waals surface area contributed by atoms with Crippen molar-refractivity contribution in [2.75, 3.05) is 21.3 Å². The van der Waals surface area contributed by atoms with Gasteiger partial charge in [-0.3, -0.25) is 0 Å². The molecule has 1 aliphatic rings. The van der Waals surface area contributed by atoms with Crippen LogP contribution in [0, 0.1) is 0 Å². The molecule has 116 valence electrons. The number of hydrogen-bond acceptors (Lipinski definition) is 5. The van der Waals surface area contributed by atoms with Gasteiger partial charge in [-0.25, -0.2) is 0 Å². The Morgan fingerprint density at radius 1 is 1.09 bits per heavy atom. The average molecular weight is 407 g/mol. The number of hydrogen-bond donors (Lipinski definition) is 2. The van der Waals surface area contributed by atoms with Gasteiger partial charge in [-0.15, -0.1) is 0 Å². The second-order valence-corrected chi connectivity index (χ2v) is 12.2. The van der Waals surface area contributed by atoms with Crippen LogP contribution in [0.3, 0.4) is 0 Å². The second-order valence-electron chi connectivity index (χ2n) is 4.76. The maximum absolute atomic E-state index is 12.2. The normalized spacial score (nSPS) is 13.9. The molecule has 2 N–H and O–H groups in total. The van der Waals surface area contributed by atoms with Crippen molar-refractivity contribution in [2.24, 2.45) is 0 Å². The van der Waals surface area contributed by atoms with E-state index >= 15 is 0 Å². The number of carbonyl (C=O) groups excluding carboxylic acids is 1. The molecule has 0 spiro atoms. The number of carbonyl (C=O) groups is 1. The Bertz CT molecular complexity index is 577. The predicted molar refractivity (Wildman–Crippen MR) is 82.8 cm³/mol. The zero-order valence-corrected chi connectivity index (χ0v) is 16.0. The fourth-order valence-electron chi connectivity index (χ4n) is 2.57. The summed E-state index contributed by atoms with van der Waals surface area (Å²) in [6.07, 6.45) is 3.91. The molecule has 1 unspecified atom stereocenters. The van der Waals surface area contributed by atoms with E-state index in [1.807, 2.05) is 12.2 Å². The summed E-state index contributed by atoms with van der Waals surface area (Å²) in [5, 5.41) is 9.08. The number of amides is 1. The Hall–Kier alpha value is -1.60. The summed E-state index contributed by atoms with van der Waals surface area (Å²) in [5.74, 6) is 1.05. The minimum atomic E-state index is -2.45. The van der Waals surface area contributed by atoms with Gasteiger partial charge in [0.2, 0.25) is 0 Å². The van der Waals surface area contributed by atoms with Gasteiger partial charge >= 0.3 is 137 Å². The van der Waals surface area contributed by atoms with E-state index in [9.17, 15) is 4.79 Å². The summed E-state index contributed by atoms with van der Waals surface area (Å²) in [6.45, 7) is 0. The van der Waals surface area contributed by atoms with Crippen LogP contribution in [0.2, 0.25) is 0 Å². The van der Waals surface area contributed by atoms with Crippen molar-refractivity contribution < 1.29 is 24.2 Å². The SMILES string of the molecule is COc1cc([CH](C(=O)NO)[In]2[CH]=CC=[CH]2)cc(OC)c1OC. The number of benzene rings is 1. The number of allylic oxidation sites excluding steroid dienone is 2. The Morgan fingerprint density at radius 2 is 1.64 bits per heavy atom. The predicted octanol–water partition coefficient (Wildman–Crippen LogP) is 1.54. The molecule has 0 saturated carbocycles. The van der Waals surface area contributed by atoms with Crippen LogP contribution in [0.5, 0.6) is 17.2 Å². The summed E-state index contributed by atoms with van der Waals surface area (Å²) >= 11 is -2.45. The van der Waals surface area contributed by atoms with Crippen LogP contribution in [-0.4, -0.2) is 53.9 Å². The fourth-order valence-corrected chi connectivity index (χ4v) is 9.43. The van der Waals surface area contributed by atoms with Gasteiger partial charge in [-0.05, 0) is 0 Å². The molecule has 1 heterocycles. The monoisotopic (exact) mass is 407 g/mol. The molecule has 0 fully saturated rings. The van der Waals surface area contributed by atoms with Gasteiger partial charge in [0.05, 0.1) is 0 Å². The first-order chi connectivity index (χ1) is 10.7. The summed E-state index contributed by atoms with van der Waals surface area (Å²) in [5.41, 5.74) is 2.53. The van der Waals surface area contributed by atoms with Gasteiger partial charge < -0.3 is 0 Å². The second kappa shape index (κ2) is 7.60. The molecule has 0 aromatic heterocycles. The van der Waals surface area contributed by atoms with Crippen molar-refractivity contribution >= 4 is 27.3 Å². The molecule has 1 amide bonds. The van der Waals surface area contributed by atoms with E-state index in [4.69, 9.17) is 19.4 Å². The zero-order chi connectivity index (χ0) is 16.1. The summed E-state index contributed by atoms with van der Waals surface area (Å²) < 4.78 is 19.8. The van der Waals surface area contributed by atoms with Crippen LogP contribution in [-0.2, 0) is 4.79 Å². The molecule has 6 nitrogen and oxygen atoms in total. The van der Waals surface area contributed by atoms with Crippen LogP contribution in [0.4, 0.5) is 0 Å². The zero-order valence-electron chi connectivity index (χ0n) is 12.7. The molecule has 0 bridgehead atoms. The number of nitrogens with one attached hydrogen (secondary N) is 1. The van der Waals surface area contributed by atoms with E-state index in [0.717, 1.165) is 5.56 Å². The molecule has 0 aliphatic carbocycles. The third-order valence-corrected chi connectivity index (χ3v) is 11.6. The number of ether oxygens (including phenoxy) is 3. The molecule has 0 radical (unpaired) electrons. The fraction of sp³-hybridized carbons (Fsp3) is 0.267. The first-order valence-electron chi connectivity index (χ1n) is 6.75. The van der Waals surface area contributed by atoms with Crippen molar-refractivity contribution in [3.63, 3.8) is 0 Å². The topological polar surface area (TPSA) is 77.0 Å². The van der Waals surface area contributed by atoms with Crippen LogP contribution in [0.15, 0.2) is 31.9 Å². The summed E-state index contributed by atoms with van der Waals surface area (Å²) in [7, 11) is 4.58. The standard InChI is InChI=1S/C11H14NO5.C4H4.In/c1-15-8-4-7(6-10(13)12-14)5-9(16-2)11(8)17-3;1-3-4-2;/h4-6,14H,1-3H3,(H,12,13);1-4H;. The Morgan fingerprint density at radius 3 is 2.05 bits per heavy atom. The summed E-state index contributed by atoms with van der Waals surface area (Å²) in [6, 6.07) is 3.52.